The number of methoxy groups -OCH3 is 1. The van der Waals surface area contributed by atoms with Crippen LogP contribution in [0.25, 0.3) is 0 Å². The van der Waals surface area contributed by atoms with Gasteiger partial charge in [0.25, 0.3) is 0 Å². The molecule has 0 spiro atoms. The number of hydrogen-bond donors (Lipinski definition) is 1. The Hall–Kier alpha value is -2.70. The van der Waals surface area contributed by atoms with E-state index in [-0.39, 0.29) is 0 Å². The van der Waals surface area contributed by atoms with E-state index in [9.17, 15) is 0 Å². The van der Waals surface area contributed by atoms with Crippen molar-refractivity contribution in [1.29, 1.82) is 0 Å². The van der Waals surface area contributed by atoms with Crippen LogP contribution in [0.1, 0.15) is 13.8 Å². The maximum atomic E-state index is 5.52. The van der Waals surface area contributed by atoms with Gasteiger partial charge in [0.05, 0.1) is 12.8 Å². The second-order valence-electron chi connectivity index (χ2n) is 7.17. The number of nitrogens with zero attached hydrogens (tertiary/aromatic N) is 5. The molecule has 1 aromatic heterocycles. The summed E-state index contributed by atoms with van der Waals surface area (Å²) in [4.78, 5) is 9.64. The van der Waals surface area contributed by atoms with Gasteiger partial charge in [0.2, 0.25) is 0 Å². The molecule has 152 valence electrons. The van der Waals surface area contributed by atoms with Crippen molar-refractivity contribution >= 4 is 11.6 Å². The van der Waals surface area contributed by atoms with Crippen LogP contribution in [0, 0.1) is 5.92 Å². The van der Waals surface area contributed by atoms with E-state index >= 15 is 0 Å². The van der Waals surface area contributed by atoms with Crippen LogP contribution < -0.4 is 15.0 Å². The van der Waals surface area contributed by atoms with Gasteiger partial charge in [0, 0.05) is 58.2 Å². The Labute approximate surface area is 168 Å². The molecule has 1 atom stereocenters. The highest BCUT2D eigenvalue weighted by Crippen LogP contribution is 2.28. The maximum Gasteiger partial charge on any atom is 0.194 e. The lowest BCUT2D eigenvalue weighted by molar-refractivity contribution is 0.364. The van der Waals surface area contributed by atoms with Gasteiger partial charge in [0.1, 0.15) is 5.75 Å². The number of piperazine rings is 1. The fourth-order valence-corrected chi connectivity index (χ4v) is 3.50. The van der Waals surface area contributed by atoms with Crippen molar-refractivity contribution in [2.75, 3.05) is 51.3 Å². The lowest BCUT2D eigenvalue weighted by atomic mass is 10.2. The second kappa shape index (κ2) is 10.0. The van der Waals surface area contributed by atoms with Gasteiger partial charge in [-0.2, -0.15) is 5.10 Å². The Bertz CT molecular complexity index is 737. The molecular formula is C21H32N6O. The second-order valence-corrected chi connectivity index (χ2v) is 7.17. The first-order valence-corrected chi connectivity index (χ1v) is 10.1. The first-order chi connectivity index (χ1) is 13.7. The summed E-state index contributed by atoms with van der Waals surface area (Å²) in [5.41, 5.74) is 1.17. The quantitative estimate of drug-likeness (QED) is 0.586. The van der Waals surface area contributed by atoms with Crippen molar-refractivity contribution in [3.05, 3.63) is 42.7 Å². The molecule has 2 heterocycles. The molecule has 1 aliphatic rings. The lowest BCUT2D eigenvalue weighted by Gasteiger charge is -2.38. The largest absolute Gasteiger partial charge is 0.495 e. The third-order valence-corrected chi connectivity index (χ3v) is 4.95. The van der Waals surface area contributed by atoms with E-state index in [1.54, 1.807) is 7.11 Å². The molecule has 0 bridgehead atoms. The third-order valence-electron chi connectivity index (χ3n) is 4.95. The minimum Gasteiger partial charge on any atom is -0.495 e. The van der Waals surface area contributed by atoms with Crippen molar-refractivity contribution in [2.24, 2.45) is 10.9 Å². The fourth-order valence-electron chi connectivity index (χ4n) is 3.50. The number of nitrogens with one attached hydrogen (secondary N) is 1. The molecule has 1 aliphatic heterocycles. The van der Waals surface area contributed by atoms with Crippen LogP contribution in [0.4, 0.5) is 5.69 Å². The topological polar surface area (TPSA) is 57.9 Å². The molecule has 0 aliphatic carbocycles. The Kier molecular flexibility index (Phi) is 7.17. The van der Waals surface area contributed by atoms with E-state index in [0.717, 1.165) is 57.5 Å². The summed E-state index contributed by atoms with van der Waals surface area (Å²) in [6.45, 7) is 10.7. The Morgan fingerprint density at radius 1 is 1.21 bits per heavy atom. The number of para-hydroxylation sites is 2. The van der Waals surface area contributed by atoms with E-state index in [2.05, 4.69) is 46.2 Å². The molecule has 1 fully saturated rings. The SMILES string of the molecule is CCNC(=NCC(C)Cn1cccn1)N1CCN(c2ccccc2OC)CC1. The molecule has 1 N–H and O–H groups in total. The average Bonchev–Trinajstić information content (AvgIpc) is 3.24. The van der Waals surface area contributed by atoms with Gasteiger partial charge >= 0.3 is 0 Å². The number of guanidine groups is 1. The van der Waals surface area contributed by atoms with E-state index in [4.69, 9.17) is 9.73 Å². The van der Waals surface area contributed by atoms with Gasteiger partial charge in [-0.05, 0) is 31.0 Å². The Morgan fingerprint density at radius 3 is 2.68 bits per heavy atom. The fraction of sp³-hybridized carbons (Fsp3) is 0.524. The third kappa shape index (κ3) is 5.18. The van der Waals surface area contributed by atoms with Crippen LogP contribution in [-0.4, -0.2) is 67.0 Å². The van der Waals surface area contributed by atoms with Gasteiger partial charge in [-0.1, -0.05) is 19.1 Å². The summed E-state index contributed by atoms with van der Waals surface area (Å²) in [6.07, 6.45) is 3.82. The van der Waals surface area contributed by atoms with Crippen LogP contribution in [0.2, 0.25) is 0 Å². The van der Waals surface area contributed by atoms with Crippen molar-refractivity contribution < 1.29 is 4.74 Å². The lowest BCUT2D eigenvalue weighted by Crippen LogP contribution is -2.52. The standard InChI is InChI=1S/C21H32N6O/c1-4-22-21(23-16-18(2)17-27-11-7-10-24-27)26-14-12-25(13-15-26)19-8-5-6-9-20(19)28-3/h5-11,18H,4,12-17H2,1-3H3,(H,22,23). The molecule has 7 nitrogen and oxygen atoms in total. The van der Waals surface area contributed by atoms with E-state index in [1.807, 2.05) is 35.3 Å². The summed E-state index contributed by atoms with van der Waals surface area (Å²) < 4.78 is 7.49. The van der Waals surface area contributed by atoms with Crippen LogP contribution in [-0.2, 0) is 6.54 Å². The Balaban J connectivity index is 1.57. The van der Waals surface area contributed by atoms with E-state index in [1.165, 1.54) is 5.69 Å². The van der Waals surface area contributed by atoms with Gasteiger partial charge in [-0.3, -0.25) is 9.67 Å². The highest BCUT2D eigenvalue weighted by Gasteiger charge is 2.21. The van der Waals surface area contributed by atoms with Crippen LogP contribution in [0.3, 0.4) is 0 Å². The normalized spacial score (nSPS) is 16.2. The minimum absolute atomic E-state index is 0.434. The van der Waals surface area contributed by atoms with Gasteiger partial charge in [0.15, 0.2) is 5.96 Å². The highest BCUT2D eigenvalue weighted by molar-refractivity contribution is 5.80. The molecule has 0 radical (unpaired) electrons. The van der Waals surface area contributed by atoms with Crippen molar-refractivity contribution in [2.45, 2.75) is 20.4 Å². The Morgan fingerprint density at radius 2 is 2.00 bits per heavy atom. The molecule has 0 amide bonds. The van der Waals surface area contributed by atoms with Crippen molar-refractivity contribution in [3.8, 4) is 5.75 Å². The predicted octanol–water partition coefficient (Wildman–Crippen LogP) is 2.32. The van der Waals surface area contributed by atoms with Gasteiger partial charge in [-0.15, -0.1) is 0 Å². The summed E-state index contributed by atoms with van der Waals surface area (Å²) >= 11 is 0. The van der Waals surface area contributed by atoms with Crippen LogP contribution in [0.15, 0.2) is 47.7 Å². The van der Waals surface area contributed by atoms with Crippen LogP contribution in [0.5, 0.6) is 5.75 Å². The zero-order valence-electron chi connectivity index (χ0n) is 17.2. The highest BCUT2D eigenvalue weighted by atomic mass is 16.5. The summed E-state index contributed by atoms with van der Waals surface area (Å²) in [5, 5.41) is 7.74. The van der Waals surface area contributed by atoms with Gasteiger partial charge in [-0.25, -0.2) is 0 Å². The summed E-state index contributed by atoms with van der Waals surface area (Å²) in [7, 11) is 1.73. The number of aliphatic imine (C=N–C) groups is 1. The molecule has 1 saturated heterocycles. The van der Waals surface area contributed by atoms with E-state index < -0.39 is 0 Å². The first kappa shape index (κ1) is 20.0. The molecule has 1 aromatic carbocycles. The maximum absolute atomic E-state index is 5.52. The molecule has 28 heavy (non-hydrogen) atoms. The number of hydrogen-bond acceptors (Lipinski definition) is 4. The molecule has 7 heteroatoms. The zero-order chi connectivity index (χ0) is 19.8. The summed E-state index contributed by atoms with van der Waals surface area (Å²) in [5.74, 6) is 2.38. The smallest absolute Gasteiger partial charge is 0.194 e. The number of benzene rings is 1. The van der Waals surface area contributed by atoms with E-state index in [0.29, 0.717) is 5.92 Å². The number of anilines is 1. The molecule has 3 rings (SSSR count). The first-order valence-electron chi connectivity index (χ1n) is 10.1. The van der Waals surface area contributed by atoms with Crippen LogP contribution >= 0.6 is 0 Å². The molecule has 2 aromatic rings. The number of ether oxygens (including phenoxy) is 1. The molecule has 0 saturated carbocycles. The monoisotopic (exact) mass is 384 g/mol. The summed E-state index contributed by atoms with van der Waals surface area (Å²) in [6, 6.07) is 10.2. The number of aromatic nitrogens is 2. The van der Waals surface area contributed by atoms with Crippen molar-refractivity contribution in [1.82, 2.24) is 20.0 Å². The molecule has 1 unspecified atom stereocenters. The molecular weight excluding hydrogens is 352 g/mol. The zero-order valence-corrected chi connectivity index (χ0v) is 17.2. The average molecular weight is 385 g/mol. The predicted molar refractivity (Wildman–Crippen MR) is 114 cm³/mol. The number of rotatable bonds is 7. The minimum atomic E-state index is 0.434. The van der Waals surface area contributed by atoms with Gasteiger partial charge < -0.3 is 19.9 Å². The van der Waals surface area contributed by atoms with Crippen molar-refractivity contribution in [3.63, 3.8) is 0 Å².